The molecular formula is C10H24N2O2S. The van der Waals surface area contributed by atoms with Crippen molar-refractivity contribution in [3.63, 3.8) is 0 Å². The van der Waals surface area contributed by atoms with Crippen molar-refractivity contribution >= 4 is 9.84 Å². The van der Waals surface area contributed by atoms with E-state index < -0.39 is 9.84 Å². The van der Waals surface area contributed by atoms with Crippen LogP contribution in [0.25, 0.3) is 0 Å². The van der Waals surface area contributed by atoms with Gasteiger partial charge in [-0.1, -0.05) is 0 Å². The van der Waals surface area contributed by atoms with Crippen LogP contribution >= 0.6 is 0 Å². The number of hydrogen-bond donors (Lipinski definition) is 1. The average Bonchev–Trinajstić information content (AvgIpc) is 1.97. The molecule has 0 aliphatic rings. The van der Waals surface area contributed by atoms with Gasteiger partial charge in [0.1, 0.15) is 9.84 Å². The molecule has 5 heteroatoms. The van der Waals surface area contributed by atoms with Gasteiger partial charge in [-0.2, -0.15) is 0 Å². The minimum Gasteiger partial charge on any atom is -0.326 e. The Bertz CT molecular complexity index is 268. The third kappa shape index (κ3) is 11.8. The van der Waals surface area contributed by atoms with Gasteiger partial charge in [0.15, 0.2) is 0 Å². The maximum Gasteiger partial charge on any atom is 0.148 e. The van der Waals surface area contributed by atoms with E-state index in [9.17, 15) is 8.42 Å². The van der Waals surface area contributed by atoms with Crippen molar-refractivity contribution in [3.05, 3.63) is 0 Å². The minimum absolute atomic E-state index is 0.127. The first-order valence-electron chi connectivity index (χ1n) is 5.25. The summed E-state index contributed by atoms with van der Waals surface area (Å²) >= 11 is 0. The lowest BCUT2D eigenvalue weighted by Crippen LogP contribution is -2.33. The van der Waals surface area contributed by atoms with Crippen LogP contribution in [0.3, 0.4) is 0 Å². The normalized spacial score (nSPS) is 13.5. The van der Waals surface area contributed by atoms with Crippen molar-refractivity contribution in [2.45, 2.75) is 32.2 Å². The first kappa shape index (κ1) is 14.9. The summed E-state index contributed by atoms with van der Waals surface area (Å²) in [5.41, 5.74) is 5.72. The molecule has 92 valence electrons. The topological polar surface area (TPSA) is 63.4 Å². The van der Waals surface area contributed by atoms with Gasteiger partial charge in [-0.25, -0.2) is 8.42 Å². The first-order valence-corrected chi connectivity index (χ1v) is 7.31. The second-order valence-corrected chi connectivity index (χ2v) is 7.29. The molecular weight excluding hydrogens is 212 g/mol. The molecule has 0 heterocycles. The highest BCUT2D eigenvalue weighted by Crippen LogP contribution is 2.07. The molecule has 15 heavy (non-hydrogen) atoms. The van der Waals surface area contributed by atoms with Crippen LogP contribution in [0.4, 0.5) is 0 Å². The number of nitrogens with zero attached hydrogens (tertiary/aromatic N) is 1. The van der Waals surface area contributed by atoms with E-state index >= 15 is 0 Å². The summed E-state index contributed by atoms with van der Waals surface area (Å²) in [6.07, 6.45) is 3.23. The predicted molar refractivity (Wildman–Crippen MR) is 64.7 cm³/mol. The SMILES string of the molecule is CN(CCCC(C)(C)N)CCS(C)(=O)=O. The molecule has 0 aliphatic carbocycles. The predicted octanol–water partition coefficient (Wildman–Crippen LogP) is 0.480. The third-order valence-corrected chi connectivity index (χ3v) is 3.13. The van der Waals surface area contributed by atoms with Gasteiger partial charge in [0.25, 0.3) is 0 Å². The lowest BCUT2D eigenvalue weighted by molar-refractivity contribution is 0.324. The molecule has 0 aromatic carbocycles. The highest BCUT2D eigenvalue weighted by atomic mass is 32.2. The lowest BCUT2D eigenvalue weighted by atomic mass is 10.0. The Hall–Kier alpha value is -0.130. The molecule has 0 bridgehead atoms. The number of sulfone groups is 1. The molecule has 0 radical (unpaired) electrons. The number of hydrogen-bond acceptors (Lipinski definition) is 4. The summed E-state index contributed by atoms with van der Waals surface area (Å²) in [6.45, 7) is 5.51. The van der Waals surface area contributed by atoms with Crippen LogP contribution in [0.15, 0.2) is 0 Å². The average molecular weight is 236 g/mol. The summed E-state index contributed by atoms with van der Waals surface area (Å²) in [5, 5.41) is 0. The van der Waals surface area contributed by atoms with Crippen LogP contribution in [-0.2, 0) is 9.84 Å². The Balaban J connectivity index is 3.63. The fraction of sp³-hybridized carbons (Fsp3) is 1.00. The Kier molecular flexibility index (Phi) is 5.77. The van der Waals surface area contributed by atoms with Gasteiger partial charge in [-0.05, 0) is 40.3 Å². The quantitative estimate of drug-likeness (QED) is 0.698. The maximum absolute atomic E-state index is 10.9. The summed E-state index contributed by atoms with van der Waals surface area (Å²) in [5.74, 6) is 0.232. The fourth-order valence-corrected chi connectivity index (χ4v) is 1.88. The first-order chi connectivity index (χ1) is 6.60. The van der Waals surface area contributed by atoms with Crippen LogP contribution in [0.2, 0.25) is 0 Å². The summed E-state index contributed by atoms with van der Waals surface area (Å²) in [7, 11) is -0.900. The second-order valence-electron chi connectivity index (χ2n) is 5.03. The van der Waals surface area contributed by atoms with Crippen LogP contribution in [0.5, 0.6) is 0 Å². The molecule has 0 amide bonds. The van der Waals surface area contributed by atoms with Gasteiger partial charge in [0.2, 0.25) is 0 Å². The highest BCUT2D eigenvalue weighted by Gasteiger charge is 2.11. The van der Waals surface area contributed by atoms with E-state index in [0.29, 0.717) is 6.54 Å². The largest absolute Gasteiger partial charge is 0.326 e. The zero-order valence-corrected chi connectivity index (χ0v) is 11.1. The van der Waals surface area contributed by atoms with E-state index in [1.165, 1.54) is 6.26 Å². The molecule has 0 fully saturated rings. The molecule has 0 saturated heterocycles. The van der Waals surface area contributed by atoms with Crippen LogP contribution in [0.1, 0.15) is 26.7 Å². The standard InChI is InChI=1S/C10H24N2O2S/c1-10(2,11)6-5-7-12(3)8-9-15(4,13)14/h5-9,11H2,1-4H3. The zero-order chi connectivity index (χ0) is 12.1. The zero-order valence-electron chi connectivity index (χ0n) is 10.3. The van der Waals surface area contributed by atoms with E-state index in [-0.39, 0.29) is 11.3 Å². The Morgan fingerprint density at radius 1 is 1.27 bits per heavy atom. The Labute approximate surface area is 93.7 Å². The molecule has 0 unspecified atom stereocenters. The van der Waals surface area contributed by atoms with Crippen molar-refractivity contribution in [1.82, 2.24) is 4.90 Å². The minimum atomic E-state index is -2.84. The molecule has 0 rings (SSSR count). The molecule has 0 atom stereocenters. The summed E-state index contributed by atoms with van der Waals surface area (Å²) in [4.78, 5) is 2.03. The maximum atomic E-state index is 10.9. The van der Waals surface area contributed by atoms with Crippen LogP contribution in [-0.4, -0.2) is 51.0 Å². The van der Waals surface area contributed by atoms with Crippen molar-refractivity contribution in [2.75, 3.05) is 32.1 Å². The highest BCUT2D eigenvalue weighted by molar-refractivity contribution is 7.90. The molecule has 0 aliphatic heterocycles. The lowest BCUT2D eigenvalue weighted by Gasteiger charge is -2.21. The molecule has 0 aromatic heterocycles. The van der Waals surface area contributed by atoms with Gasteiger partial charge in [-0.15, -0.1) is 0 Å². The van der Waals surface area contributed by atoms with Gasteiger partial charge >= 0.3 is 0 Å². The Morgan fingerprint density at radius 3 is 2.20 bits per heavy atom. The van der Waals surface area contributed by atoms with Crippen LogP contribution < -0.4 is 5.73 Å². The van der Waals surface area contributed by atoms with Gasteiger partial charge in [0.05, 0.1) is 5.75 Å². The van der Waals surface area contributed by atoms with Gasteiger partial charge in [0, 0.05) is 18.3 Å². The Morgan fingerprint density at radius 2 is 1.80 bits per heavy atom. The second kappa shape index (κ2) is 5.82. The third-order valence-electron chi connectivity index (χ3n) is 2.20. The molecule has 0 spiro atoms. The van der Waals surface area contributed by atoms with Gasteiger partial charge < -0.3 is 10.6 Å². The molecule has 0 aromatic rings. The van der Waals surface area contributed by atoms with E-state index in [4.69, 9.17) is 5.73 Å². The van der Waals surface area contributed by atoms with E-state index in [0.717, 1.165) is 19.4 Å². The fourth-order valence-electron chi connectivity index (χ4n) is 1.24. The van der Waals surface area contributed by atoms with Crippen molar-refractivity contribution in [2.24, 2.45) is 5.73 Å². The molecule has 0 saturated carbocycles. The van der Waals surface area contributed by atoms with Crippen LogP contribution in [0, 0.1) is 0 Å². The van der Waals surface area contributed by atoms with Crippen molar-refractivity contribution in [3.8, 4) is 0 Å². The monoisotopic (exact) mass is 236 g/mol. The van der Waals surface area contributed by atoms with E-state index in [2.05, 4.69) is 0 Å². The van der Waals surface area contributed by atoms with Gasteiger partial charge in [-0.3, -0.25) is 0 Å². The number of nitrogens with two attached hydrogens (primary N) is 1. The summed E-state index contributed by atoms with van der Waals surface area (Å²) in [6, 6.07) is 0. The number of rotatable bonds is 7. The van der Waals surface area contributed by atoms with Crippen molar-refractivity contribution < 1.29 is 8.42 Å². The van der Waals surface area contributed by atoms with E-state index in [1.54, 1.807) is 0 Å². The summed E-state index contributed by atoms with van der Waals surface area (Å²) < 4.78 is 21.8. The molecule has 4 nitrogen and oxygen atoms in total. The smallest absolute Gasteiger partial charge is 0.148 e. The molecule has 2 N–H and O–H groups in total. The van der Waals surface area contributed by atoms with Crippen molar-refractivity contribution in [1.29, 1.82) is 0 Å². The van der Waals surface area contributed by atoms with E-state index in [1.807, 2.05) is 25.8 Å².